The highest BCUT2D eigenvalue weighted by molar-refractivity contribution is 9.08. The molecule has 0 heterocycles. The van der Waals surface area contributed by atoms with Gasteiger partial charge in [0.15, 0.2) is 6.10 Å². The van der Waals surface area contributed by atoms with Crippen molar-refractivity contribution in [1.82, 2.24) is 0 Å². The van der Waals surface area contributed by atoms with E-state index in [0.29, 0.717) is 10.8 Å². The molecule has 0 aliphatic carbocycles. The number of carbonyl (C=O) groups is 1. The van der Waals surface area contributed by atoms with Crippen molar-refractivity contribution in [3.63, 3.8) is 0 Å². The van der Waals surface area contributed by atoms with Crippen molar-refractivity contribution in [1.29, 1.82) is 0 Å². The van der Waals surface area contributed by atoms with Crippen LogP contribution in [-0.4, -0.2) is 19.2 Å². The Morgan fingerprint density at radius 3 is 2.75 bits per heavy atom. The van der Waals surface area contributed by atoms with E-state index in [0.717, 1.165) is 10.9 Å². The number of esters is 1. The summed E-state index contributed by atoms with van der Waals surface area (Å²) in [6, 6.07) is 5.40. The molecule has 0 aliphatic heterocycles. The molecule has 3 nitrogen and oxygen atoms in total. The average molecular weight is 308 g/mol. The second-order valence-electron chi connectivity index (χ2n) is 3.18. The molecule has 0 amide bonds. The number of halogens is 2. The molecule has 1 rings (SSSR count). The molecule has 0 fully saturated rings. The number of benzene rings is 1. The standard InChI is InChI=1S/C11H12BrClO3/c1-7(11(14)15-2)16-10-4-3-8(6-12)5-9(10)13/h3-5,7H,6H2,1-2H3/t7-/m1/s1. The van der Waals surface area contributed by atoms with Crippen LogP contribution in [0.3, 0.4) is 0 Å². The van der Waals surface area contributed by atoms with Crippen molar-refractivity contribution < 1.29 is 14.3 Å². The van der Waals surface area contributed by atoms with Crippen molar-refractivity contribution in [2.75, 3.05) is 7.11 Å². The van der Waals surface area contributed by atoms with Crippen LogP contribution in [0.1, 0.15) is 12.5 Å². The van der Waals surface area contributed by atoms with Gasteiger partial charge in [0.2, 0.25) is 0 Å². The van der Waals surface area contributed by atoms with E-state index in [2.05, 4.69) is 20.7 Å². The zero-order valence-electron chi connectivity index (χ0n) is 9.00. The van der Waals surface area contributed by atoms with E-state index in [-0.39, 0.29) is 0 Å². The van der Waals surface area contributed by atoms with Crippen molar-refractivity contribution in [3.05, 3.63) is 28.8 Å². The van der Waals surface area contributed by atoms with Crippen LogP contribution in [-0.2, 0) is 14.9 Å². The topological polar surface area (TPSA) is 35.5 Å². The number of ether oxygens (including phenoxy) is 2. The predicted octanol–water partition coefficient (Wildman–Crippen LogP) is 3.18. The summed E-state index contributed by atoms with van der Waals surface area (Å²) in [6.07, 6.45) is -0.669. The van der Waals surface area contributed by atoms with Crippen LogP contribution in [0.4, 0.5) is 0 Å². The van der Waals surface area contributed by atoms with Crippen LogP contribution >= 0.6 is 27.5 Å². The van der Waals surface area contributed by atoms with Gasteiger partial charge in [-0.2, -0.15) is 0 Å². The summed E-state index contributed by atoms with van der Waals surface area (Å²) in [5.74, 6) is 0.0462. The summed E-state index contributed by atoms with van der Waals surface area (Å²) in [6.45, 7) is 1.61. The van der Waals surface area contributed by atoms with Gasteiger partial charge in [0, 0.05) is 5.33 Å². The second kappa shape index (κ2) is 6.11. The largest absolute Gasteiger partial charge is 0.477 e. The summed E-state index contributed by atoms with van der Waals surface area (Å²) in [7, 11) is 1.32. The molecule has 88 valence electrons. The Morgan fingerprint density at radius 1 is 1.56 bits per heavy atom. The van der Waals surface area contributed by atoms with E-state index in [1.807, 2.05) is 6.07 Å². The normalized spacial score (nSPS) is 12.0. The molecule has 1 atom stereocenters. The first kappa shape index (κ1) is 13.3. The van der Waals surface area contributed by atoms with Crippen molar-refractivity contribution in [2.24, 2.45) is 0 Å². The summed E-state index contributed by atoms with van der Waals surface area (Å²) in [4.78, 5) is 11.2. The summed E-state index contributed by atoms with van der Waals surface area (Å²) in [5.41, 5.74) is 1.04. The van der Waals surface area contributed by atoms with Gasteiger partial charge in [0.1, 0.15) is 5.75 Å². The SMILES string of the molecule is COC(=O)[C@@H](C)Oc1ccc(CBr)cc1Cl. The van der Waals surface area contributed by atoms with Gasteiger partial charge >= 0.3 is 5.97 Å². The number of hydrogen-bond donors (Lipinski definition) is 0. The number of rotatable bonds is 4. The fraction of sp³-hybridized carbons (Fsp3) is 0.364. The molecular formula is C11H12BrClO3. The Hall–Kier alpha value is -0.740. The van der Waals surface area contributed by atoms with Gasteiger partial charge in [-0.25, -0.2) is 4.79 Å². The minimum Gasteiger partial charge on any atom is -0.477 e. The zero-order chi connectivity index (χ0) is 12.1. The van der Waals surface area contributed by atoms with Crippen LogP contribution in [0.25, 0.3) is 0 Å². The third kappa shape index (κ3) is 3.39. The third-order valence-electron chi connectivity index (χ3n) is 1.99. The molecule has 0 aliphatic rings. The van der Waals surface area contributed by atoms with E-state index in [1.165, 1.54) is 7.11 Å². The molecule has 5 heteroatoms. The molecular weight excluding hydrogens is 295 g/mol. The van der Waals surface area contributed by atoms with Crippen LogP contribution < -0.4 is 4.74 Å². The first-order chi connectivity index (χ1) is 7.58. The fourth-order valence-electron chi connectivity index (χ4n) is 1.13. The lowest BCUT2D eigenvalue weighted by Gasteiger charge is -2.13. The summed E-state index contributed by atoms with van der Waals surface area (Å²) in [5, 5.41) is 1.20. The molecule has 0 spiro atoms. The molecule has 0 aromatic heterocycles. The highest BCUT2D eigenvalue weighted by Gasteiger charge is 2.16. The van der Waals surface area contributed by atoms with E-state index in [4.69, 9.17) is 16.3 Å². The number of carbonyl (C=O) groups excluding carboxylic acids is 1. The fourth-order valence-corrected chi connectivity index (χ4v) is 1.72. The van der Waals surface area contributed by atoms with Gasteiger partial charge in [-0.3, -0.25) is 0 Å². The Bertz CT molecular complexity index is 381. The molecule has 0 saturated heterocycles. The zero-order valence-corrected chi connectivity index (χ0v) is 11.3. The predicted molar refractivity (Wildman–Crippen MR) is 66.2 cm³/mol. The van der Waals surface area contributed by atoms with Crippen LogP contribution in [0.2, 0.25) is 5.02 Å². The second-order valence-corrected chi connectivity index (χ2v) is 4.15. The van der Waals surface area contributed by atoms with Gasteiger partial charge in [0.05, 0.1) is 12.1 Å². The quantitative estimate of drug-likeness (QED) is 0.633. The molecule has 0 N–H and O–H groups in total. The molecule has 0 radical (unpaired) electrons. The third-order valence-corrected chi connectivity index (χ3v) is 2.93. The van der Waals surface area contributed by atoms with Gasteiger partial charge < -0.3 is 9.47 Å². The van der Waals surface area contributed by atoms with Gasteiger partial charge in [-0.15, -0.1) is 0 Å². The maximum absolute atomic E-state index is 11.2. The molecule has 0 saturated carbocycles. The lowest BCUT2D eigenvalue weighted by Crippen LogP contribution is -2.25. The first-order valence-corrected chi connectivity index (χ1v) is 6.17. The lowest BCUT2D eigenvalue weighted by atomic mass is 10.2. The maximum Gasteiger partial charge on any atom is 0.346 e. The van der Waals surface area contributed by atoms with E-state index < -0.39 is 12.1 Å². The van der Waals surface area contributed by atoms with E-state index in [9.17, 15) is 4.79 Å². The van der Waals surface area contributed by atoms with Gasteiger partial charge in [-0.1, -0.05) is 33.6 Å². The number of hydrogen-bond acceptors (Lipinski definition) is 3. The number of alkyl halides is 1. The Balaban J connectivity index is 2.78. The Morgan fingerprint density at radius 2 is 2.25 bits per heavy atom. The molecule has 0 unspecified atom stereocenters. The minimum atomic E-state index is -0.669. The van der Waals surface area contributed by atoms with Crippen molar-refractivity contribution in [3.8, 4) is 5.75 Å². The van der Waals surface area contributed by atoms with Crippen molar-refractivity contribution >= 4 is 33.5 Å². The molecule has 16 heavy (non-hydrogen) atoms. The molecule has 1 aromatic rings. The lowest BCUT2D eigenvalue weighted by molar-refractivity contribution is -0.147. The van der Waals surface area contributed by atoms with E-state index in [1.54, 1.807) is 19.1 Å². The van der Waals surface area contributed by atoms with Crippen LogP contribution in [0.5, 0.6) is 5.75 Å². The van der Waals surface area contributed by atoms with Crippen LogP contribution in [0, 0.1) is 0 Å². The summed E-state index contributed by atoms with van der Waals surface area (Å²) >= 11 is 9.33. The first-order valence-electron chi connectivity index (χ1n) is 4.67. The smallest absolute Gasteiger partial charge is 0.346 e. The van der Waals surface area contributed by atoms with Gasteiger partial charge in [-0.05, 0) is 24.6 Å². The molecule has 1 aromatic carbocycles. The number of methoxy groups -OCH3 is 1. The van der Waals surface area contributed by atoms with E-state index >= 15 is 0 Å². The monoisotopic (exact) mass is 306 g/mol. The maximum atomic E-state index is 11.2. The van der Waals surface area contributed by atoms with Crippen molar-refractivity contribution in [2.45, 2.75) is 18.4 Å². The summed E-state index contributed by atoms with van der Waals surface area (Å²) < 4.78 is 9.93. The van der Waals surface area contributed by atoms with Gasteiger partial charge in [0.25, 0.3) is 0 Å². The van der Waals surface area contributed by atoms with Crippen LogP contribution in [0.15, 0.2) is 18.2 Å². The Kier molecular flexibility index (Phi) is 5.09. The minimum absolute atomic E-state index is 0.430. The molecule has 0 bridgehead atoms. The Labute approximate surface area is 108 Å². The average Bonchev–Trinajstić information content (AvgIpc) is 2.30. The highest BCUT2D eigenvalue weighted by atomic mass is 79.9. The highest BCUT2D eigenvalue weighted by Crippen LogP contribution is 2.27.